The molecule has 1 N–H and O–H groups in total. The van der Waals surface area contributed by atoms with Gasteiger partial charge in [0.15, 0.2) is 12.0 Å². The van der Waals surface area contributed by atoms with E-state index in [1.54, 1.807) is 67.8 Å². The van der Waals surface area contributed by atoms with E-state index in [9.17, 15) is 9.59 Å². The first kappa shape index (κ1) is 21.5. The van der Waals surface area contributed by atoms with Gasteiger partial charge in [-0.05, 0) is 73.2 Å². The Bertz CT molecular complexity index is 1350. The largest absolute Gasteiger partial charge is 0.497 e. The van der Waals surface area contributed by atoms with Crippen LogP contribution in [0, 0.1) is 6.92 Å². The second-order valence-corrected chi connectivity index (χ2v) is 7.57. The van der Waals surface area contributed by atoms with Crippen LogP contribution in [0.3, 0.4) is 0 Å². The number of hydrogen-bond donors (Lipinski definition) is 1. The zero-order chi connectivity index (χ0) is 22.7. The van der Waals surface area contributed by atoms with Crippen LogP contribution in [0.15, 0.2) is 75.9 Å². The molecule has 0 aliphatic rings. The van der Waals surface area contributed by atoms with Gasteiger partial charge in [-0.3, -0.25) is 9.59 Å². The van der Waals surface area contributed by atoms with Gasteiger partial charge in [-0.25, -0.2) is 0 Å². The topological polar surface area (TPSA) is 77.8 Å². The van der Waals surface area contributed by atoms with Gasteiger partial charge >= 0.3 is 0 Å². The molecular formula is C25H20ClNO5. The maximum absolute atomic E-state index is 12.5. The van der Waals surface area contributed by atoms with Crippen LogP contribution in [-0.4, -0.2) is 19.6 Å². The molecule has 4 rings (SSSR count). The minimum atomic E-state index is -0.295. The highest BCUT2D eigenvalue weighted by molar-refractivity contribution is 6.31. The molecule has 3 aromatic carbocycles. The third kappa shape index (κ3) is 4.76. The smallest absolute Gasteiger partial charge is 0.262 e. The summed E-state index contributed by atoms with van der Waals surface area (Å²) in [5.74, 6) is 1.30. The molecule has 4 aromatic rings. The third-order valence-electron chi connectivity index (χ3n) is 4.89. The number of methoxy groups -OCH3 is 1. The van der Waals surface area contributed by atoms with E-state index in [2.05, 4.69) is 5.32 Å². The van der Waals surface area contributed by atoms with E-state index >= 15 is 0 Å². The molecule has 1 amide bonds. The van der Waals surface area contributed by atoms with Crippen LogP contribution < -0.4 is 20.2 Å². The van der Waals surface area contributed by atoms with Crippen molar-refractivity contribution in [1.29, 1.82) is 0 Å². The lowest BCUT2D eigenvalue weighted by atomic mass is 10.1. The summed E-state index contributed by atoms with van der Waals surface area (Å²) in [7, 11) is 1.54. The lowest BCUT2D eigenvalue weighted by molar-refractivity contribution is -0.118. The van der Waals surface area contributed by atoms with Gasteiger partial charge in [0.2, 0.25) is 0 Å². The Kier molecular flexibility index (Phi) is 6.14. The molecule has 0 atom stereocenters. The zero-order valence-electron chi connectivity index (χ0n) is 17.5. The van der Waals surface area contributed by atoms with E-state index < -0.39 is 0 Å². The van der Waals surface area contributed by atoms with Crippen molar-refractivity contribution >= 4 is 34.2 Å². The maximum atomic E-state index is 12.5. The van der Waals surface area contributed by atoms with E-state index in [4.69, 9.17) is 25.5 Å². The van der Waals surface area contributed by atoms with Crippen molar-refractivity contribution < 1.29 is 18.7 Å². The van der Waals surface area contributed by atoms with Gasteiger partial charge < -0.3 is 19.2 Å². The molecule has 32 heavy (non-hydrogen) atoms. The molecule has 0 fully saturated rings. The standard InChI is InChI=1S/C25H20ClNO5/c1-15-11-19(7-9-21(15)26)31-14-25(29)27-17-5-3-16(4-6-17)24-13-22(28)20-12-18(30-2)8-10-23(20)32-24/h3-13H,14H2,1-2H3,(H,27,29). The summed E-state index contributed by atoms with van der Waals surface area (Å²) in [4.78, 5) is 24.7. The maximum Gasteiger partial charge on any atom is 0.262 e. The predicted molar refractivity (Wildman–Crippen MR) is 125 cm³/mol. The average Bonchev–Trinajstić information content (AvgIpc) is 2.80. The van der Waals surface area contributed by atoms with Crippen LogP contribution in [0.4, 0.5) is 5.69 Å². The van der Waals surface area contributed by atoms with Crippen LogP contribution in [0.25, 0.3) is 22.3 Å². The molecule has 0 bridgehead atoms. The fourth-order valence-corrected chi connectivity index (χ4v) is 3.29. The van der Waals surface area contributed by atoms with Crippen molar-refractivity contribution in [2.45, 2.75) is 6.92 Å². The first-order valence-corrected chi connectivity index (χ1v) is 10.2. The predicted octanol–water partition coefficient (Wildman–Crippen LogP) is 5.45. The molecule has 7 heteroatoms. The second kappa shape index (κ2) is 9.16. The number of anilines is 1. The summed E-state index contributed by atoms with van der Waals surface area (Å²) in [6.45, 7) is 1.73. The minimum absolute atomic E-state index is 0.133. The van der Waals surface area contributed by atoms with Crippen molar-refractivity contribution in [2.75, 3.05) is 19.0 Å². The highest BCUT2D eigenvalue weighted by atomic mass is 35.5. The Hall–Kier alpha value is -3.77. The van der Waals surface area contributed by atoms with E-state index in [0.29, 0.717) is 44.5 Å². The van der Waals surface area contributed by atoms with Crippen molar-refractivity contribution in [2.24, 2.45) is 0 Å². The number of rotatable bonds is 6. The molecule has 0 radical (unpaired) electrons. The number of ether oxygens (including phenoxy) is 2. The molecule has 6 nitrogen and oxygen atoms in total. The summed E-state index contributed by atoms with van der Waals surface area (Å²) in [6.07, 6.45) is 0. The minimum Gasteiger partial charge on any atom is -0.497 e. The van der Waals surface area contributed by atoms with Gasteiger partial charge in [-0.2, -0.15) is 0 Å². The summed E-state index contributed by atoms with van der Waals surface area (Å²) in [6, 6.07) is 18.8. The number of aryl methyl sites for hydroxylation is 1. The monoisotopic (exact) mass is 449 g/mol. The molecule has 0 spiro atoms. The molecule has 0 aliphatic carbocycles. The summed E-state index contributed by atoms with van der Waals surface area (Å²) < 4.78 is 16.6. The molecule has 0 saturated carbocycles. The quantitative estimate of drug-likeness (QED) is 0.423. The van der Waals surface area contributed by atoms with E-state index in [1.165, 1.54) is 6.07 Å². The summed E-state index contributed by atoms with van der Waals surface area (Å²) in [5.41, 5.74) is 2.50. The Balaban J connectivity index is 1.44. The van der Waals surface area contributed by atoms with Crippen LogP contribution in [0.1, 0.15) is 5.56 Å². The third-order valence-corrected chi connectivity index (χ3v) is 5.31. The molecule has 1 heterocycles. The lowest BCUT2D eigenvalue weighted by Gasteiger charge is -2.09. The van der Waals surface area contributed by atoms with Gasteiger partial charge in [0.1, 0.15) is 22.8 Å². The Morgan fingerprint density at radius 3 is 2.47 bits per heavy atom. The number of nitrogens with one attached hydrogen (secondary N) is 1. The van der Waals surface area contributed by atoms with Gasteiger partial charge in [-0.1, -0.05) is 11.6 Å². The van der Waals surface area contributed by atoms with Gasteiger partial charge in [0.05, 0.1) is 12.5 Å². The number of halogens is 1. The Morgan fingerprint density at radius 2 is 1.75 bits per heavy atom. The van der Waals surface area contributed by atoms with E-state index in [-0.39, 0.29) is 17.9 Å². The molecule has 0 saturated heterocycles. The van der Waals surface area contributed by atoms with Gasteiger partial charge in [0, 0.05) is 22.3 Å². The number of carbonyl (C=O) groups excluding carboxylic acids is 1. The van der Waals surface area contributed by atoms with E-state index in [0.717, 1.165) is 5.56 Å². The highest BCUT2D eigenvalue weighted by Gasteiger charge is 2.10. The number of hydrogen-bond acceptors (Lipinski definition) is 5. The fourth-order valence-electron chi connectivity index (χ4n) is 3.18. The summed E-state index contributed by atoms with van der Waals surface area (Å²) >= 11 is 5.99. The normalized spacial score (nSPS) is 10.7. The first-order chi connectivity index (χ1) is 15.4. The van der Waals surface area contributed by atoms with Crippen LogP contribution in [0.5, 0.6) is 11.5 Å². The number of benzene rings is 3. The molecule has 1 aromatic heterocycles. The van der Waals surface area contributed by atoms with Crippen LogP contribution in [-0.2, 0) is 4.79 Å². The molecule has 0 unspecified atom stereocenters. The van der Waals surface area contributed by atoms with Crippen molar-refractivity contribution in [3.8, 4) is 22.8 Å². The second-order valence-electron chi connectivity index (χ2n) is 7.16. The SMILES string of the molecule is COc1ccc2oc(-c3ccc(NC(=O)COc4ccc(Cl)c(C)c4)cc3)cc(=O)c2c1. The number of fused-ring (bicyclic) bond motifs is 1. The highest BCUT2D eigenvalue weighted by Crippen LogP contribution is 2.26. The molecular weight excluding hydrogens is 430 g/mol. The fraction of sp³-hybridized carbons (Fsp3) is 0.120. The van der Waals surface area contributed by atoms with E-state index in [1.807, 2.05) is 6.92 Å². The van der Waals surface area contributed by atoms with Crippen molar-refractivity contribution in [1.82, 2.24) is 0 Å². The first-order valence-electron chi connectivity index (χ1n) is 9.84. The Morgan fingerprint density at radius 1 is 1.00 bits per heavy atom. The van der Waals surface area contributed by atoms with Gasteiger partial charge in [-0.15, -0.1) is 0 Å². The molecule has 0 aliphatic heterocycles. The number of carbonyl (C=O) groups is 1. The average molecular weight is 450 g/mol. The zero-order valence-corrected chi connectivity index (χ0v) is 18.2. The van der Waals surface area contributed by atoms with Crippen LogP contribution >= 0.6 is 11.6 Å². The van der Waals surface area contributed by atoms with Crippen LogP contribution in [0.2, 0.25) is 5.02 Å². The summed E-state index contributed by atoms with van der Waals surface area (Å²) in [5, 5.41) is 3.87. The molecule has 162 valence electrons. The van der Waals surface area contributed by atoms with Gasteiger partial charge in [0.25, 0.3) is 5.91 Å². The van der Waals surface area contributed by atoms with Crippen molar-refractivity contribution in [3.63, 3.8) is 0 Å². The number of amides is 1. The lowest BCUT2D eigenvalue weighted by Crippen LogP contribution is -2.20. The Labute approximate surface area is 189 Å². The van der Waals surface area contributed by atoms with Crippen molar-refractivity contribution in [3.05, 3.63) is 87.5 Å².